The number of hydrogen-bond donors (Lipinski definition) is 0. The van der Waals surface area contributed by atoms with Gasteiger partial charge in [-0.15, -0.1) is 0 Å². The fourth-order valence-electron chi connectivity index (χ4n) is 1.95. The number of halogens is 1. The van der Waals surface area contributed by atoms with Crippen LogP contribution in [0, 0.1) is 0 Å². The molecule has 2 rings (SSSR count). The Morgan fingerprint density at radius 2 is 2.06 bits per heavy atom. The van der Waals surface area contributed by atoms with Crippen LogP contribution >= 0.6 is 23.4 Å². The SMILES string of the molecule is CC(C)(N=C1CCSC1)c1ccccc1Cl. The Hall–Kier alpha value is -0.470. The molecule has 0 radical (unpaired) electrons. The maximum Gasteiger partial charge on any atom is 0.0814 e. The van der Waals surface area contributed by atoms with Crippen molar-refractivity contribution in [2.45, 2.75) is 25.8 Å². The molecule has 0 atom stereocenters. The summed E-state index contributed by atoms with van der Waals surface area (Å²) >= 11 is 8.18. The zero-order valence-electron chi connectivity index (χ0n) is 9.66. The molecular formula is C13H16ClNS. The minimum absolute atomic E-state index is 0.210. The van der Waals surface area contributed by atoms with Gasteiger partial charge in [0.25, 0.3) is 0 Å². The van der Waals surface area contributed by atoms with Crippen molar-refractivity contribution in [3.05, 3.63) is 34.9 Å². The summed E-state index contributed by atoms with van der Waals surface area (Å²) in [5.41, 5.74) is 2.22. The zero-order valence-corrected chi connectivity index (χ0v) is 11.2. The molecule has 0 unspecified atom stereocenters. The van der Waals surface area contributed by atoms with Gasteiger partial charge in [0.15, 0.2) is 0 Å². The Morgan fingerprint density at radius 3 is 2.69 bits per heavy atom. The monoisotopic (exact) mass is 253 g/mol. The van der Waals surface area contributed by atoms with Crippen molar-refractivity contribution in [3.63, 3.8) is 0 Å². The topological polar surface area (TPSA) is 12.4 Å². The van der Waals surface area contributed by atoms with Crippen LogP contribution in [0.25, 0.3) is 0 Å². The third-order valence-electron chi connectivity index (χ3n) is 2.77. The molecule has 1 aromatic rings. The van der Waals surface area contributed by atoms with E-state index in [4.69, 9.17) is 16.6 Å². The second-order valence-corrected chi connectivity index (χ2v) is 6.03. The first-order valence-corrected chi connectivity index (χ1v) is 7.03. The van der Waals surface area contributed by atoms with Crippen LogP contribution in [-0.4, -0.2) is 17.2 Å². The van der Waals surface area contributed by atoms with E-state index >= 15 is 0 Å². The van der Waals surface area contributed by atoms with Crippen LogP contribution in [0.1, 0.15) is 25.8 Å². The van der Waals surface area contributed by atoms with E-state index in [1.807, 2.05) is 30.0 Å². The molecule has 1 aromatic carbocycles. The smallest absolute Gasteiger partial charge is 0.0814 e. The van der Waals surface area contributed by atoms with Crippen LogP contribution in [0.2, 0.25) is 5.02 Å². The molecule has 1 aliphatic heterocycles. The molecule has 16 heavy (non-hydrogen) atoms. The molecule has 0 aromatic heterocycles. The fraction of sp³-hybridized carbons (Fsp3) is 0.462. The van der Waals surface area contributed by atoms with Crippen molar-refractivity contribution in [3.8, 4) is 0 Å². The van der Waals surface area contributed by atoms with Gasteiger partial charge in [0, 0.05) is 16.5 Å². The Bertz CT molecular complexity index is 404. The van der Waals surface area contributed by atoms with E-state index in [0.29, 0.717) is 0 Å². The highest BCUT2D eigenvalue weighted by atomic mass is 35.5. The number of rotatable bonds is 2. The molecule has 0 aliphatic carbocycles. The molecule has 0 saturated carbocycles. The Morgan fingerprint density at radius 1 is 1.31 bits per heavy atom. The average Bonchev–Trinajstić information content (AvgIpc) is 2.70. The van der Waals surface area contributed by atoms with Crippen molar-refractivity contribution >= 4 is 29.1 Å². The lowest BCUT2D eigenvalue weighted by atomic mass is 9.94. The lowest BCUT2D eigenvalue weighted by Gasteiger charge is -2.22. The molecule has 0 bridgehead atoms. The molecule has 1 nitrogen and oxygen atoms in total. The standard InChI is InChI=1S/C13H16ClNS/c1-13(2,15-10-7-8-16-9-10)11-5-3-4-6-12(11)14/h3-6H,7-9H2,1-2H3. The minimum atomic E-state index is -0.210. The van der Waals surface area contributed by atoms with E-state index in [2.05, 4.69) is 19.9 Å². The maximum atomic E-state index is 6.22. The van der Waals surface area contributed by atoms with E-state index < -0.39 is 0 Å². The molecule has 0 N–H and O–H groups in total. The van der Waals surface area contributed by atoms with Crippen molar-refractivity contribution in [1.29, 1.82) is 0 Å². The molecule has 0 spiro atoms. The van der Waals surface area contributed by atoms with Gasteiger partial charge in [-0.25, -0.2) is 0 Å². The van der Waals surface area contributed by atoms with Crippen molar-refractivity contribution in [2.24, 2.45) is 4.99 Å². The number of nitrogens with zero attached hydrogens (tertiary/aromatic N) is 1. The summed E-state index contributed by atoms with van der Waals surface area (Å²) in [5.74, 6) is 2.28. The molecular weight excluding hydrogens is 238 g/mol. The third kappa shape index (κ3) is 2.61. The quantitative estimate of drug-likeness (QED) is 0.771. The van der Waals surface area contributed by atoms with E-state index in [-0.39, 0.29) is 5.54 Å². The second kappa shape index (κ2) is 4.80. The highest BCUT2D eigenvalue weighted by molar-refractivity contribution is 8.00. The minimum Gasteiger partial charge on any atom is -0.282 e. The maximum absolute atomic E-state index is 6.22. The molecule has 86 valence electrons. The number of aliphatic imine (C=N–C) groups is 1. The van der Waals surface area contributed by atoms with Gasteiger partial charge in [0.1, 0.15) is 0 Å². The van der Waals surface area contributed by atoms with E-state index in [1.165, 1.54) is 11.5 Å². The molecule has 0 amide bonds. The average molecular weight is 254 g/mol. The van der Waals surface area contributed by atoms with Gasteiger partial charge in [-0.05, 0) is 37.7 Å². The highest BCUT2D eigenvalue weighted by Gasteiger charge is 2.23. The Kier molecular flexibility index (Phi) is 3.60. The summed E-state index contributed by atoms with van der Waals surface area (Å²) in [6, 6.07) is 7.98. The predicted octanol–water partition coefficient (Wildman–Crippen LogP) is 4.15. The zero-order chi connectivity index (χ0) is 11.6. The van der Waals surface area contributed by atoms with Crippen LogP contribution in [0.15, 0.2) is 29.3 Å². The normalized spacial score (nSPS) is 19.3. The Labute approximate surface area is 106 Å². The number of thioether (sulfide) groups is 1. The van der Waals surface area contributed by atoms with Crippen LogP contribution in [0.3, 0.4) is 0 Å². The predicted molar refractivity (Wildman–Crippen MR) is 73.9 cm³/mol. The summed E-state index contributed by atoms with van der Waals surface area (Å²) in [6.45, 7) is 4.26. The molecule has 3 heteroatoms. The van der Waals surface area contributed by atoms with Crippen LogP contribution in [0.4, 0.5) is 0 Å². The molecule has 1 heterocycles. The van der Waals surface area contributed by atoms with Gasteiger partial charge in [0.05, 0.1) is 5.54 Å². The van der Waals surface area contributed by atoms with Crippen LogP contribution in [0.5, 0.6) is 0 Å². The summed E-state index contributed by atoms with van der Waals surface area (Å²) in [6.07, 6.45) is 1.12. The first kappa shape index (κ1) is 12.0. The summed E-state index contributed by atoms with van der Waals surface area (Å²) in [4.78, 5) is 4.85. The third-order valence-corrected chi connectivity index (χ3v) is 4.13. The Balaban J connectivity index is 2.31. The first-order valence-electron chi connectivity index (χ1n) is 5.50. The first-order chi connectivity index (χ1) is 7.59. The van der Waals surface area contributed by atoms with Gasteiger partial charge in [0.2, 0.25) is 0 Å². The number of benzene rings is 1. The summed E-state index contributed by atoms with van der Waals surface area (Å²) < 4.78 is 0. The second-order valence-electron chi connectivity index (χ2n) is 4.52. The van der Waals surface area contributed by atoms with E-state index in [1.54, 1.807) is 0 Å². The van der Waals surface area contributed by atoms with Gasteiger partial charge >= 0.3 is 0 Å². The van der Waals surface area contributed by atoms with Gasteiger partial charge in [-0.1, -0.05) is 29.8 Å². The van der Waals surface area contributed by atoms with Crippen LogP contribution < -0.4 is 0 Å². The largest absolute Gasteiger partial charge is 0.282 e. The van der Waals surface area contributed by atoms with E-state index in [0.717, 1.165) is 22.8 Å². The van der Waals surface area contributed by atoms with Crippen molar-refractivity contribution < 1.29 is 0 Å². The highest BCUT2D eigenvalue weighted by Crippen LogP contribution is 2.32. The molecule has 1 saturated heterocycles. The van der Waals surface area contributed by atoms with Gasteiger partial charge < -0.3 is 0 Å². The lowest BCUT2D eigenvalue weighted by Crippen LogP contribution is -2.17. The fourth-order valence-corrected chi connectivity index (χ4v) is 3.29. The summed E-state index contributed by atoms with van der Waals surface area (Å²) in [7, 11) is 0. The van der Waals surface area contributed by atoms with Gasteiger partial charge in [-0.3, -0.25) is 4.99 Å². The van der Waals surface area contributed by atoms with Crippen molar-refractivity contribution in [2.75, 3.05) is 11.5 Å². The number of hydrogen-bond acceptors (Lipinski definition) is 2. The lowest BCUT2D eigenvalue weighted by molar-refractivity contribution is 0.557. The van der Waals surface area contributed by atoms with Crippen molar-refractivity contribution in [1.82, 2.24) is 0 Å². The van der Waals surface area contributed by atoms with Gasteiger partial charge in [-0.2, -0.15) is 11.8 Å². The van der Waals surface area contributed by atoms with E-state index in [9.17, 15) is 0 Å². The summed E-state index contributed by atoms with van der Waals surface area (Å²) in [5, 5.41) is 0.808. The molecule has 1 aliphatic rings. The molecule has 1 fully saturated rings. The van der Waals surface area contributed by atoms with Crippen LogP contribution in [-0.2, 0) is 5.54 Å².